The van der Waals surface area contributed by atoms with Gasteiger partial charge in [0, 0.05) is 5.69 Å². The highest BCUT2D eigenvalue weighted by Gasteiger charge is 2.06. The van der Waals surface area contributed by atoms with Crippen molar-refractivity contribution >= 4 is 0 Å². The molecule has 1 aromatic carbocycles. The van der Waals surface area contributed by atoms with Crippen molar-refractivity contribution in [2.45, 2.75) is 34.2 Å². The fourth-order valence-corrected chi connectivity index (χ4v) is 2.08. The Morgan fingerprint density at radius 3 is 2.19 bits per heavy atom. The van der Waals surface area contributed by atoms with Crippen molar-refractivity contribution in [3.8, 4) is 0 Å². The van der Waals surface area contributed by atoms with Crippen LogP contribution in [-0.2, 0) is 6.54 Å². The zero-order valence-electron chi connectivity index (χ0n) is 10.4. The summed E-state index contributed by atoms with van der Waals surface area (Å²) in [7, 11) is 0. The predicted octanol–water partition coefficient (Wildman–Crippen LogP) is 3.17. The van der Waals surface area contributed by atoms with Crippen LogP contribution in [0.1, 0.15) is 28.1 Å². The van der Waals surface area contributed by atoms with E-state index in [2.05, 4.69) is 54.8 Å². The SMILES string of the molecule is Cc1cc(C)n(Cc2c(C)cccc2C)n1. The molecule has 2 rings (SSSR count). The van der Waals surface area contributed by atoms with Crippen molar-refractivity contribution < 1.29 is 0 Å². The van der Waals surface area contributed by atoms with Crippen LogP contribution >= 0.6 is 0 Å². The second-order valence-electron chi connectivity index (χ2n) is 4.46. The lowest BCUT2D eigenvalue weighted by Gasteiger charge is -2.10. The summed E-state index contributed by atoms with van der Waals surface area (Å²) in [6, 6.07) is 8.55. The van der Waals surface area contributed by atoms with E-state index in [1.807, 2.05) is 6.92 Å². The minimum Gasteiger partial charge on any atom is -0.265 e. The van der Waals surface area contributed by atoms with Gasteiger partial charge in [0.05, 0.1) is 12.2 Å². The maximum Gasteiger partial charge on any atom is 0.0667 e. The first-order valence-corrected chi connectivity index (χ1v) is 5.64. The van der Waals surface area contributed by atoms with E-state index in [0.29, 0.717) is 0 Å². The number of hydrogen-bond donors (Lipinski definition) is 0. The molecule has 84 valence electrons. The van der Waals surface area contributed by atoms with Gasteiger partial charge in [-0.3, -0.25) is 4.68 Å². The molecule has 0 aliphatic carbocycles. The Hall–Kier alpha value is -1.57. The number of hydrogen-bond acceptors (Lipinski definition) is 1. The van der Waals surface area contributed by atoms with Crippen LogP contribution in [0.2, 0.25) is 0 Å². The molecule has 1 heterocycles. The van der Waals surface area contributed by atoms with Crippen molar-refractivity contribution in [1.29, 1.82) is 0 Å². The smallest absolute Gasteiger partial charge is 0.0667 e. The Balaban J connectivity index is 2.37. The van der Waals surface area contributed by atoms with Crippen LogP contribution in [-0.4, -0.2) is 9.78 Å². The maximum atomic E-state index is 4.50. The number of benzene rings is 1. The number of nitrogens with zero attached hydrogens (tertiary/aromatic N) is 2. The fourth-order valence-electron chi connectivity index (χ4n) is 2.08. The van der Waals surface area contributed by atoms with E-state index in [0.717, 1.165) is 12.2 Å². The molecule has 0 atom stereocenters. The van der Waals surface area contributed by atoms with Gasteiger partial charge in [0.1, 0.15) is 0 Å². The Labute approximate surface area is 96.9 Å². The van der Waals surface area contributed by atoms with Gasteiger partial charge in [-0.05, 0) is 50.5 Å². The van der Waals surface area contributed by atoms with Gasteiger partial charge >= 0.3 is 0 Å². The van der Waals surface area contributed by atoms with E-state index in [-0.39, 0.29) is 0 Å². The second kappa shape index (κ2) is 4.12. The van der Waals surface area contributed by atoms with Gasteiger partial charge in [-0.2, -0.15) is 5.10 Å². The molecule has 2 nitrogen and oxygen atoms in total. The molecular formula is C14H18N2. The topological polar surface area (TPSA) is 17.8 Å². The average molecular weight is 214 g/mol. The third-order valence-corrected chi connectivity index (χ3v) is 3.06. The van der Waals surface area contributed by atoms with Gasteiger partial charge in [-0.1, -0.05) is 18.2 Å². The summed E-state index contributed by atoms with van der Waals surface area (Å²) in [6.45, 7) is 9.34. The molecule has 0 fully saturated rings. The molecule has 2 aromatic rings. The van der Waals surface area contributed by atoms with Crippen molar-refractivity contribution in [1.82, 2.24) is 9.78 Å². The lowest BCUT2D eigenvalue weighted by Crippen LogP contribution is -2.06. The molecule has 16 heavy (non-hydrogen) atoms. The van der Waals surface area contributed by atoms with Crippen LogP contribution in [0.4, 0.5) is 0 Å². The molecule has 1 aromatic heterocycles. The molecule has 0 amide bonds. The highest BCUT2D eigenvalue weighted by molar-refractivity contribution is 5.33. The molecule has 2 heteroatoms. The average Bonchev–Trinajstić information content (AvgIpc) is 2.51. The lowest BCUT2D eigenvalue weighted by molar-refractivity contribution is 0.654. The highest BCUT2D eigenvalue weighted by atomic mass is 15.3. The third kappa shape index (κ3) is 2.01. The quantitative estimate of drug-likeness (QED) is 0.751. The summed E-state index contributed by atoms with van der Waals surface area (Å²) in [5.74, 6) is 0. The number of aromatic nitrogens is 2. The van der Waals surface area contributed by atoms with Gasteiger partial charge in [-0.15, -0.1) is 0 Å². The Kier molecular flexibility index (Phi) is 2.82. The normalized spacial score (nSPS) is 10.8. The minimum atomic E-state index is 0.873. The van der Waals surface area contributed by atoms with Crippen molar-refractivity contribution in [3.63, 3.8) is 0 Å². The summed E-state index contributed by atoms with van der Waals surface area (Å²) in [5, 5.41) is 4.50. The minimum absolute atomic E-state index is 0.873. The molecule has 0 spiro atoms. The van der Waals surface area contributed by atoms with E-state index in [1.165, 1.54) is 22.4 Å². The molecule has 0 bridgehead atoms. The summed E-state index contributed by atoms with van der Waals surface area (Å²) in [6.07, 6.45) is 0. The zero-order chi connectivity index (χ0) is 11.7. The largest absolute Gasteiger partial charge is 0.265 e. The van der Waals surface area contributed by atoms with Gasteiger partial charge in [-0.25, -0.2) is 0 Å². The van der Waals surface area contributed by atoms with E-state index in [9.17, 15) is 0 Å². The van der Waals surface area contributed by atoms with Crippen molar-refractivity contribution in [2.75, 3.05) is 0 Å². The number of rotatable bonds is 2. The monoisotopic (exact) mass is 214 g/mol. The molecule has 0 saturated carbocycles. The Bertz CT molecular complexity index is 489. The number of aryl methyl sites for hydroxylation is 4. The Morgan fingerprint density at radius 1 is 1.06 bits per heavy atom. The summed E-state index contributed by atoms with van der Waals surface area (Å²) in [5.41, 5.74) is 6.37. The van der Waals surface area contributed by atoms with Crippen LogP contribution in [0, 0.1) is 27.7 Å². The molecular weight excluding hydrogens is 196 g/mol. The third-order valence-electron chi connectivity index (χ3n) is 3.06. The van der Waals surface area contributed by atoms with Crippen molar-refractivity contribution in [2.24, 2.45) is 0 Å². The fraction of sp³-hybridized carbons (Fsp3) is 0.357. The molecule has 0 aliphatic rings. The van der Waals surface area contributed by atoms with Crippen molar-refractivity contribution in [3.05, 3.63) is 52.3 Å². The highest BCUT2D eigenvalue weighted by Crippen LogP contribution is 2.15. The first-order chi connectivity index (χ1) is 7.58. The molecule has 0 N–H and O–H groups in total. The molecule has 0 radical (unpaired) electrons. The van der Waals surface area contributed by atoms with Crippen LogP contribution in [0.5, 0.6) is 0 Å². The summed E-state index contributed by atoms with van der Waals surface area (Å²) >= 11 is 0. The van der Waals surface area contributed by atoms with Crippen LogP contribution in [0.15, 0.2) is 24.3 Å². The first-order valence-electron chi connectivity index (χ1n) is 5.64. The zero-order valence-corrected chi connectivity index (χ0v) is 10.4. The van der Waals surface area contributed by atoms with E-state index >= 15 is 0 Å². The second-order valence-corrected chi connectivity index (χ2v) is 4.46. The van der Waals surface area contributed by atoms with Gasteiger partial charge in [0.15, 0.2) is 0 Å². The van der Waals surface area contributed by atoms with Crippen LogP contribution in [0.3, 0.4) is 0 Å². The molecule has 0 unspecified atom stereocenters. The molecule has 0 saturated heterocycles. The van der Waals surface area contributed by atoms with Gasteiger partial charge < -0.3 is 0 Å². The van der Waals surface area contributed by atoms with Crippen LogP contribution in [0.25, 0.3) is 0 Å². The Morgan fingerprint density at radius 2 is 1.69 bits per heavy atom. The lowest BCUT2D eigenvalue weighted by atomic mass is 10.0. The van der Waals surface area contributed by atoms with E-state index in [1.54, 1.807) is 0 Å². The standard InChI is InChI=1S/C14H18N2/c1-10-6-5-7-11(2)14(10)9-16-13(4)8-12(3)15-16/h5-8H,9H2,1-4H3. The summed E-state index contributed by atoms with van der Waals surface area (Å²) < 4.78 is 2.07. The predicted molar refractivity (Wildman–Crippen MR) is 66.7 cm³/mol. The first kappa shape index (κ1) is 10.9. The van der Waals surface area contributed by atoms with Gasteiger partial charge in [0.25, 0.3) is 0 Å². The van der Waals surface area contributed by atoms with E-state index in [4.69, 9.17) is 0 Å². The molecule has 0 aliphatic heterocycles. The maximum absolute atomic E-state index is 4.50. The van der Waals surface area contributed by atoms with E-state index < -0.39 is 0 Å². The van der Waals surface area contributed by atoms with Gasteiger partial charge in [0.2, 0.25) is 0 Å². The summed E-state index contributed by atoms with van der Waals surface area (Å²) in [4.78, 5) is 0. The van der Waals surface area contributed by atoms with Crippen LogP contribution < -0.4 is 0 Å².